The van der Waals surface area contributed by atoms with E-state index in [-0.39, 0.29) is 11.0 Å². The molecule has 2 heterocycles. The smallest absolute Gasteiger partial charge is 0.117 e. The summed E-state index contributed by atoms with van der Waals surface area (Å²) >= 11 is 0. The molecule has 1 aromatic carbocycles. The Balaban J connectivity index is 2.29. The van der Waals surface area contributed by atoms with Crippen LogP contribution in [0.1, 0.15) is 39.9 Å². The summed E-state index contributed by atoms with van der Waals surface area (Å²) in [5, 5.41) is 3.48. The van der Waals surface area contributed by atoms with Gasteiger partial charge in [0.2, 0.25) is 0 Å². The Morgan fingerprint density at radius 1 is 1.26 bits per heavy atom. The molecule has 1 fully saturated rings. The maximum Gasteiger partial charge on any atom is 0.117 e. The van der Waals surface area contributed by atoms with Gasteiger partial charge in [-0.25, -0.2) is 4.98 Å². The van der Waals surface area contributed by atoms with Gasteiger partial charge in [-0.15, -0.1) is 0 Å². The Bertz CT molecular complexity index is 598. The standard InChI is InChI=1S/C16H23N3/c1-15(2,3)19-13-8-6-5-7-12(13)18-14(19)16(4)9-10-17-11-16/h5-8,17H,9-11H2,1-4H3. The van der Waals surface area contributed by atoms with Crippen LogP contribution in [0.3, 0.4) is 0 Å². The summed E-state index contributed by atoms with van der Waals surface area (Å²) in [6.07, 6.45) is 1.16. The van der Waals surface area contributed by atoms with Crippen molar-refractivity contribution in [1.82, 2.24) is 14.9 Å². The Morgan fingerprint density at radius 3 is 2.63 bits per heavy atom. The molecule has 3 rings (SSSR count). The van der Waals surface area contributed by atoms with Crippen LogP contribution in [0.5, 0.6) is 0 Å². The summed E-state index contributed by atoms with van der Waals surface area (Å²) < 4.78 is 2.43. The Hall–Kier alpha value is -1.35. The third kappa shape index (κ3) is 1.96. The van der Waals surface area contributed by atoms with Crippen LogP contribution in [0.4, 0.5) is 0 Å². The molecule has 0 amide bonds. The quantitative estimate of drug-likeness (QED) is 0.851. The van der Waals surface area contributed by atoms with Gasteiger partial charge in [0.1, 0.15) is 5.82 Å². The molecule has 3 heteroatoms. The second kappa shape index (κ2) is 4.07. The van der Waals surface area contributed by atoms with Crippen LogP contribution >= 0.6 is 0 Å². The van der Waals surface area contributed by atoms with Crippen molar-refractivity contribution in [3.8, 4) is 0 Å². The molecule has 1 saturated heterocycles. The summed E-state index contributed by atoms with van der Waals surface area (Å²) in [7, 11) is 0. The van der Waals surface area contributed by atoms with Gasteiger partial charge in [0.25, 0.3) is 0 Å². The summed E-state index contributed by atoms with van der Waals surface area (Å²) in [5.41, 5.74) is 2.56. The number of hydrogen-bond acceptors (Lipinski definition) is 2. The first-order valence-electron chi connectivity index (χ1n) is 7.11. The Kier molecular flexibility index (Phi) is 2.72. The largest absolute Gasteiger partial charge is 0.322 e. The molecule has 0 spiro atoms. The van der Waals surface area contributed by atoms with Crippen LogP contribution < -0.4 is 5.32 Å². The average molecular weight is 257 g/mol. The fraction of sp³-hybridized carbons (Fsp3) is 0.562. The Labute approximate surface area is 115 Å². The summed E-state index contributed by atoms with van der Waals surface area (Å²) in [6, 6.07) is 8.47. The highest BCUT2D eigenvalue weighted by molar-refractivity contribution is 5.76. The van der Waals surface area contributed by atoms with Gasteiger partial charge in [0, 0.05) is 17.5 Å². The van der Waals surface area contributed by atoms with Crippen molar-refractivity contribution in [3.63, 3.8) is 0 Å². The van der Waals surface area contributed by atoms with Gasteiger partial charge < -0.3 is 9.88 Å². The molecule has 3 nitrogen and oxygen atoms in total. The maximum absolute atomic E-state index is 4.96. The number of nitrogens with one attached hydrogen (secondary N) is 1. The third-order valence-corrected chi connectivity index (χ3v) is 4.14. The summed E-state index contributed by atoms with van der Waals surface area (Å²) in [4.78, 5) is 4.96. The summed E-state index contributed by atoms with van der Waals surface area (Å²) in [6.45, 7) is 11.2. The van der Waals surface area contributed by atoms with Gasteiger partial charge in [-0.2, -0.15) is 0 Å². The van der Waals surface area contributed by atoms with E-state index in [1.165, 1.54) is 11.3 Å². The van der Waals surface area contributed by atoms with E-state index in [4.69, 9.17) is 4.98 Å². The summed E-state index contributed by atoms with van der Waals surface area (Å²) in [5.74, 6) is 1.23. The van der Waals surface area contributed by atoms with Gasteiger partial charge in [0.05, 0.1) is 11.0 Å². The van der Waals surface area contributed by atoms with Crippen molar-refractivity contribution in [1.29, 1.82) is 0 Å². The molecule has 0 aliphatic carbocycles. The topological polar surface area (TPSA) is 29.9 Å². The lowest BCUT2D eigenvalue weighted by Crippen LogP contribution is -2.34. The lowest BCUT2D eigenvalue weighted by molar-refractivity contribution is 0.353. The van der Waals surface area contributed by atoms with Crippen molar-refractivity contribution < 1.29 is 0 Å². The van der Waals surface area contributed by atoms with E-state index in [1.54, 1.807) is 0 Å². The molecule has 1 aromatic heterocycles. The normalized spacial score (nSPS) is 24.2. The molecule has 19 heavy (non-hydrogen) atoms. The van der Waals surface area contributed by atoms with Gasteiger partial charge in [-0.1, -0.05) is 19.1 Å². The lowest BCUT2D eigenvalue weighted by atomic mass is 9.88. The van der Waals surface area contributed by atoms with Crippen LogP contribution in [0.25, 0.3) is 11.0 Å². The third-order valence-electron chi connectivity index (χ3n) is 4.14. The van der Waals surface area contributed by atoms with Gasteiger partial charge in [0.15, 0.2) is 0 Å². The lowest BCUT2D eigenvalue weighted by Gasteiger charge is -2.31. The molecule has 0 radical (unpaired) electrons. The van der Waals surface area contributed by atoms with Gasteiger partial charge >= 0.3 is 0 Å². The fourth-order valence-electron chi connectivity index (χ4n) is 3.12. The van der Waals surface area contributed by atoms with Gasteiger partial charge in [-0.3, -0.25) is 0 Å². The first-order valence-corrected chi connectivity index (χ1v) is 7.11. The monoisotopic (exact) mass is 257 g/mol. The van der Waals surface area contributed by atoms with E-state index in [2.05, 4.69) is 61.8 Å². The minimum atomic E-state index is 0.0526. The molecular formula is C16H23N3. The fourth-order valence-corrected chi connectivity index (χ4v) is 3.12. The SMILES string of the molecule is CC1(c2nc3ccccc3n2C(C)(C)C)CCNC1. The van der Waals surface area contributed by atoms with Gasteiger partial charge in [-0.05, 0) is 45.9 Å². The van der Waals surface area contributed by atoms with Crippen molar-refractivity contribution >= 4 is 11.0 Å². The average Bonchev–Trinajstić information content (AvgIpc) is 2.92. The van der Waals surface area contributed by atoms with E-state index in [9.17, 15) is 0 Å². The predicted octanol–water partition coefficient (Wildman–Crippen LogP) is 3.04. The highest BCUT2D eigenvalue weighted by atomic mass is 15.2. The second-order valence-corrected chi connectivity index (χ2v) is 6.92. The van der Waals surface area contributed by atoms with Crippen molar-refractivity contribution in [2.24, 2.45) is 0 Å². The first-order chi connectivity index (χ1) is 8.92. The number of benzene rings is 1. The number of aromatic nitrogens is 2. The Morgan fingerprint density at radius 2 is 2.00 bits per heavy atom. The minimum absolute atomic E-state index is 0.0526. The zero-order chi connectivity index (χ0) is 13.7. The van der Waals surface area contributed by atoms with Crippen LogP contribution in [-0.2, 0) is 11.0 Å². The number of nitrogens with zero attached hydrogens (tertiary/aromatic N) is 2. The highest BCUT2D eigenvalue weighted by Crippen LogP contribution is 2.35. The molecule has 1 atom stereocenters. The number of para-hydroxylation sites is 2. The van der Waals surface area contributed by atoms with E-state index < -0.39 is 0 Å². The van der Waals surface area contributed by atoms with Crippen LogP contribution in [-0.4, -0.2) is 22.6 Å². The van der Waals surface area contributed by atoms with Crippen molar-refractivity contribution in [2.75, 3.05) is 13.1 Å². The van der Waals surface area contributed by atoms with Crippen LogP contribution in [0.15, 0.2) is 24.3 Å². The molecule has 1 aliphatic rings. The minimum Gasteiger partial charge on any atom is -0.322 e. The van der Waals surface area contributed by atoms with Crippen molar-refractivity contribution in [3.05, 3.63) is 30.1 Å². The first kappa shape index (κ1) is 12.7. The number of fused-ring (bicyclic) bond motifs is 1. The zero-order valence-corrected chi connectivity index (χ0v) is 12.3. The molecule has 1 unspecified atom stereocenters. The molecular weight excluding hydrogens is 234 g/mol. The molecule has 102 valence electrons. The molecule has 1 N–H and O–H groups in total. The number of rotatable bonds is 1. The van der Waals surface area contributed by atoms with Crippen molar-refractivity contribution in [2.45, 2.75) is 45.1 Å². The second-order valence-electron chi connectivity index (χ2n) is 6.92. The molecule has 1 aliphatic heterocycles. The number of imidazole rings is 1. The highest BCUT2D eigenvalue weighted by Gasteiger charge is 2.37. The number of hydrogen-bond donors (Lipinski definition) is 1. The molecule has 0 saturated carbocycles. The van der Waals surface area contributed by atoms with E-state index in [0.29, 0.717) is 0 Å². The van der Waals surface area contributed by atoms with E-state index >= 15 is 0 Å². The maximum atomic E-state index is 4.96. The van der Waals surface area contributed by atoms with Crippen LogP contribution in [0.2, 0.25) is 0 Å². The molecule has 0 bridgehead atoms. The molecule has 2 aromatic rings. The van der Waals surface area contributed by atoms with E-state index in [1.807, 2.05) is 0 Å². The van der Waals surface area contributed by atoms with E-state index in [0.717, 1.165) is 25.0 Å². The zero-order valence-electron chi connectivity index (χ0n) is 12.3. The predicted molar refractivity (Wildman–Crippen MR) is 79.6 cm³/mol. The van der Waals surface area contributed by atoms with Crippen LogP contribution in [0, 0.1) is 0 Å².